The van der Waals surface area contributed by atoms with Gasteiger partial charge in [0.25, 0.3) is 0 Å². The number of nitrogens with one attached hydrogen (secondary N) is 2. The number of hydrogen-bond acceptors (Lipinski definition) is 6. The zero-order valence-electron chi connectivity index (χ0n) is 14.8. The average molecular weight is 348 g/mol. The first kappa shape index (κ1) is 18.4. The summed E-state index contributed by atoms with van der Waals surface area (Å²) in [5, 5.41) is 6.93. The van der Waals surface area contributed by atoms with Gasteiger partial charge in [0.05, 0.1) is 6.61 Å². The third kappa shape index (κ3) is 5.01. The van der Waals surface area contributed by atoms with Gasteiger partial charge < -0.3 is 15.4 Å². The van der Waals surface area contributed by atoms with Crippen molar-refractivity contribution in [2.24, 2.45) is 5.41 Å². The Balaban J connectivity index is 2.10. The minimum absolute atomic E-state index is 0.0134. The lowest BCUT2D eigenvalue weighted by Gasteiger charge is -2.19. The van der Waals surface area contributed by atoms with E-state index >= 15 is 0 Å². The first-order chi connectivity index (χ1) is 11.3. The summed E-state index contributed by atoms with van der Waals surface area (Å²) in [6.45, 7) is 8.24. The summed E-state index contributed by atoms with van der Waals surface area (Å²) in [5.41, 5.74) is 2.23. The molecule has 2 rings (SSSR count). The van der Waals surface area contributed by atoms with Gasteiger partial charge in [0.15, 0.2) is 0 Å². The lowest BCUT2D eigenvalue weighted by molar-refractivity contribution is -0.123. The van der Waals surface area contributed by atoms with Crippen LogP contribution in [-0.4, -0.2) is 29.0 Å². The highest BCUT2D eigenvalue weighted by atomic mass is 32.1. The topological polar surface area (TPSA) is 76.1 Å². The number of hydrogen-bond donors (Lipinski definition) is 2. The maximum absolute atomic E-state index is 12.2. The van der Waals surface area contributed by atoms with E-state index < -0.39 is 5.41 Å². The Bertz CT molecular complexity index is 707. The molecule has 0 atom stereocenters. The molecular formula is C17H24N4O2S. The molecule has 0 saturated carbocycles. The van der Waals surface area contributed by atoms with Crippen LogP contribution in [0.25, 0.3) is 0 Å². The molecule has 24 heavy (non-hydrogen) atoms. The van der Waals surface area contributed by atoms with Gasteiger partial charge in [-0.15, -0.1) is 0 Å². The van der Waals surface area contributed by atoms with Crippen LogP contribution in [0.3, 0.4) is 0 Å². The number of methoxy groups -OCH3 is 1. The summed E-state index contributed by atoms with van der Waals surface area (Å²) in [6.07, 6.45) is 0.690. The van der Waals surface area contributed by atoms with Gasteiger partial charge in [-0.2, -0.15) is 4.37 Å². The third-order valence-electron chi connectivity index (χ3n) is 3.42. The fraction of sp³-hybridized carbons (Fsp3) is 0.471. The van der Waals surface area contributed by atoms with Crippen LogP contribution in [0, 0.1) is 12.3 Å². The normalized spacial score (nSPS) is 11.4. The van der Waals surface area contributed by atoms with Crippen molar-refractivity contribution in [3.05, 3.63) is 29.6 Å². The van der Waals surface area contributed by atoms with Crippen molar-refractivity contribution < 1.29 is 9.53 Å². The average Bonchev–Trinajstić information content (AvgIpc) is 2.95. The van der Waals surface area contributed by atoms with Crippen LogP contribution in [0.2, 0.25) is 0 Å². The predicted molar refractivity (Wildman–Crippen MR) is 98.0 cm³/mol. The number of ether oxygens (including phenoxy) is 1. The van der Waals surface area contributed by atoms with Gasteiger partial charge in [0.2, 0.25) is 11.0 Å². The second kappa shape index (κ2) is 7.72. The SMILES string of the molecule is COCCc1nsc(Nc2ccc(C)c(NC(=O)C(C)(C)C)c2)n1. The number of anilines is 3. The number of nitrogens with zero attached hydrogens (tertiary/aromatic N) is 2. The summed E-state index contributed by atoms with van der Waals surface area (Å²) in [7, 11) is 1.66. The van der Waals surface area contributed by atoms with E-state index in [9.17, 15) is 4.79 Å². The van der Waals surface area contributed by atoms with Crippen molar-refractivity contribution in [1.29, 1.82) is 0 Å². The van der Waals surface area contributed by atoms with E-state index in [0.717, 1.165) is 27.9 Å². The number of amides is 1. The van der Waals surface area contributed by atoms with Crippen molar-refractivity contribution in [3.63, 3.8) is 0 Å². The van der Waals surface area contributed by atoms with Gasteiger partial charge in [0.1, 0.15) is 5.82 Å². The largest absolute Gasteiger partial charge is 0.384 e. The molecule has 1 aromatic heterocycles. The van der Waals surface area contributed by atoms with Gasteiger partial charge in [-0.3, -0.25) is 4.79 Å². The summed E-state index contributed by atoms with van der Waals surface area (Å²) in [6, 6.07) is 5.83. The highest BCUT2D eigenvalue weighted by Gasteiger charge is 2.21. The van der Waals surface area contributed by atoms with Crippen molar-refractivity contribution in [1.82, 2.24) is 9.36 Å². The van der Waals surface area contributed by atoms with Crippen LogP contribution in [0.5, 0.6) is 0 Å². The zero-order chi connectivity index (χ0) is 17.7. The second-order valence-corrected chi connectivity index (χ2v) is 7.37. The fourth-order valence-electron chi connectivity index (χ4n) is 1.87. The second-order valence-electron chi connectivity index (χ2n) is 6.62. The highest BCUT2D eigenvalue weighted by molar-refractivity contribution is 7.09. The van der Waals surface area contributed by atoms with E-state index in [1.807, 2.05) is 45.9 Å². The molecule has 0 aliphatic rings. The summed E-state index contributed by atoms with van der Waals surface area (Å²) < 4.78 is 9.32. The molecule has 0 spiro atoms. The van der Waals surface area contributed by atoms with Crippen molar-refractivity contribution in [2.75, 3.05) is 24.4 Å². The Kier molecular flexibility index (Phi) is 5.90. The van der Waals surface area contributed by atoms with Gasteiger partial charge in [-0.05, 0) is 24.6 Å². The first-order valence-electron chi connectivity index (χ1n) is 7.80. The number of aromatic nitrogens is 2. The maximum Gasteiger partial charge on any atom is 0.229 e. The Morgan fingerprint density at radius 2 is 2.08 bits per heavy atom. The van der Waals surface area contributed by atoms with Gasteiger partial charge in [0, 0.05) is 41.9 Å². The Labute approximate surface area is 146 Å². The van der Waals surface area contributed by atoms with E-state index in [1.54, 1.807) is 7.11 Å². The summed E-state index contributed by atoms with van der Waals surface area (Å²) >= 11 is 1.31. The molecule has 0 aliphatic heterocycles. The fourth-order valence-corrected chi connectivity index (χ4v) is 2.50. The molecule has 1 amide bonds. The molecule has 6 nitrogen and oxygen atoms in total. The monoisotopic (exact) mass is 348 g/mol. The van der Waals surface area contributed by atoms with E-state index in [0.29, 0.717) is 13.0 Å². The first-order valence-corrected chi connectivity index (χ1v) is 8.57. The maximum atomic E-state index is 12.2. The van der Waals surface area contributed by atoms with Crippen molar-refractivity contribution in [2.45, 2.75) is 34.1 Å². The summed E-state index contributed by atoms with van der Waals surface area (Å²) in [4.78, 5) is 16.6. The van der Waals surface area contributed by atoms with E-state index in [1.165, 1.54) is 11.5 Å². The van der Waals surface area contributed by atoms with Crippen LogP contribution < -0.4 is 10.6 Å². The predicted octanol–water partition coefficient (Wildman–Crippen LogP) is 3.76. The van der Waals surface area contributed by atoms with Gasteiger partial charge in [-0.25, -0.2) is 4.98 Å². The smallest absolute Gasteiger partial charge is 0.229 e. The molecule has 2 aromatic rings. The minimum Gasteiger partial charge on any atom is -0.384 e. The molecular weight excluding hydrogens is 324 g/mol. The lowest BCUT2D eigenvalue weighted by atomic mass is 9.95. The van der Waals surface area contributed by atoms with E-state index in [2.05, 4.69) is 20.0 Å². The van der Waals surface area contributed by atoms with Crippen molar-refractivity contribution >= 4 is 33.9 Å². The standard InChI is InChI=1S/C17H24N4O2S/c1-11-6-7-12(10-13(11)19-15(22)17(2,3)4)18-16-20-14(21-24-16)8-9-23-5/h6-7,10H,8-9H2,1-5H3,(H,19,22)(H,18,20,21). The van der Waals surface area contributed by atoms with E-state index in [4.69, 9.17) is 4.74 Å². The van der Waals surface area contributed by atoms with E-state index in [-0.39, 0.29) is 5.91 Å². The molecule has 0 saturated heterocycles. The molecule has 2 N–H and O–H groups in total. The third-order valence-corrected chi connectivity index (χ3v) is 4.08. The number of rotatable bonds is 6. The Morgan fingerprint density at radius 1 is 1.33 bits per heavy atom. The quantitative estimate of drug-likeness (QED) is 0.831. The molecule has 7 heteroatoms. The van der Waals surface area contributed by atoms with Crippen LogP contribution in [0.15, 0.2) is 18.2 Å². The molecule has 130 valence electrons. The van der Waals surface area contributed by atoms with Gasteiger partial charge in [-0.1, -0.05) is 26.8 Å². The number of carbonyl (C=O) groups is 1. The van der Waals surface area contributed by atoms with Crippen LogP contribution in [-0.2, 0) is 16.0 Å². The Hall–Kier alpha value is -1.99. The lowest BCUT2D eigenvalue weighted by Crippen LogP contribution is -2.27. The summed E-state index contributed by atoms with van der Waals surface area (Å²) in [5.74, 6) is 0.748. The van der Waals surface area contributed by atoms with Crippen LogP contribution >= 0.6 is 11.5 Å². The van der Waals surface area contributed by atoms with Gasteiger partial charge >= 0.3 is 0 Å². The molecule has 0 fully saturated rings. The number of benzene rings is 1. The molecule has 0 bridgehead atoms. The molecule has 0 radical (unpaired) electrons. The Morgan fingerprint density at radius 3 is 2.75 bits per heavy atom. The molecule has 0 aliphatic carbocycles. The van der Waals surface area contributed by atoms with Crippen molar-refractivity contribution in [3.8, 4) is 0 Å². The molecule has 0 unspecified atom stereocenters. The zero-order valence-corrected chi connectivity index (χ0v) is 15.6. The number of carbonyl (C=O) groups excluding carboxylic acids is 1. The molecule has 1 aromatic carbocycles. The minimum atomic E-state index is -0.439. The highest BCUT2D eigenvalue weighted by Crippen LogP contribution is 2.26. The molecule has 1 heterocycles. The van der Waals surface area contributed by atoms with Crippen LogP contribution in [0.4, 0.5) is 16.5 Å². The van der Waals surface area contributed by atoms with Crippen LogP contribution in [0.1, 0.15) is 32.2 Å². The number of aryl methyl sites for hydroxylation is 1.